The second kappa shape index (κ2) is 4.68. The van der Waals surface area contributed by atoms with Crippen LogP contribution in [0.2, 0.25) is 5.02 Å². The Labute approximate surface area is 107 Å². The smallest absolute Gasteiger partial charge is 0.370 e. The Morgan fingerprint density at radius 1 is 1.39 bits per heavy atom. The summed E-state index contributed by atoms with van der Waals surface area (Å²) in [5, 5.41) is 2.75. The molecule has 1 fully saturated rings. The molecule has 1 aliphatic carbocycles. The van der Waals surface area contributed by atoms with Gasteiger partial charge in [-0.05, 0) is 31.0 Å². The van der Waals surface area contributed by atoms with Crippen molar-refractivity contribution in [1.82, 2.24) is 0 Å². The first-order chi connectivity index (χ1) is 8.36. The molecule has 0 unspecified atom stereocenters. The zero-order chi connectivity index (χ0) is 13.3. The molecule has 1 aromatic rings. The highest BCUT2D eigenvalue weighted by Gasteiger charge is 2.31. The summed E-state index contributed by atoms with van der Waals surface area (Å²) in [6.45, 7) is 0. The van der Waals surface area contributed by atoms with Gasteiger partial charge in [0.2, 0.25) is 0 Å². The van der Waals surface area contributed by atoms with E-state index in [-0.39, 0.29) is 22.7 Å². The van der Waals surface area contributed by atoms with Crippen molar-refractivity contribution in [1.29, 1.82) is 0 Å². The second-order valence-electron chi connectivity index (χ2n) is 4.06. The molecular formula is C11H11ClF3N3. The molecule has 0 spiro atoms. The van der Waals surface area contributed by atoms with E-state index < -0.39 is 11.7 Å². The quantitative estimate of drug-likeness (QED) is 0.644. The molecule has 0 aliphatic heterocycles. The van der Waals surface area contributed by atoms with Gasteiger partial charge < -0.3 is 11.1 Å². The van der Waals surface area contributed by atoms with Crippen LogP contribution in [-0.4, -0.2) is 12.0 Å². The third kappa shape index (κ3) is 3.29. The van der Waals surface area contributed by atoms with Crippen molar-refractivity contribution in [2.24, 2.45) is 10.7 Å². The first kappa shape index (κ1) is 13.0. The van der Waals surface area contributed by atoms with Crippen LogP contribution in [0, 0.1) is 0 Å². The lowest BCUT2D eigenvalue weighted by Gasteiger charge is -2.11. The van der Waals surface area contributed by atoms with E-state index in [1.54, 1.807) is 0 Å². The number of rotatable bonds is 2. The van der Waals surface area contributed by atoms with E-state index in [1.807, 2.05) is 0 Å². The molecule has 0 amide bonds. The number of nitrogens with one attached hydrogen (secondary N) is 1. The fourth-order valence-electron chi connectivity index (χ4n) is 1.37. The van der Waals surface area contributed by atoms with Gasteiger partial charge in [0.15, 0.2) is 5.96 Å². The number of alkyl halides is 3. The number of benzene rings is 1. The van der Waals surface area contributed by atoms with Gasteiger partial charge in [0.25, 0.3) is 0 Å². The molecule has 1 aromatic carbocycles. The van der Waals surface area contributed by atoms with E-state index in [1.165, 1.54) is 6.07 Å². The number of hydrogen-bond donors (Lipinski definition) is 2. The zero-order valence-corrected chi connectivity index (χ0v) is 10.0. The summed E-state index contributed by atoms with van der Waals surface area (Å²) < 4.78 is 37.6. The lowest BCUT2D eigenvalue weighted by Crippen LogP contribution is -2.23. The maximum absolute atomic E-state index is 12.5. The lowest BCUT2D eigenvalue weighted by atomic mass is 10.2. The van der Waals surface area contributed by atoms with Crippen molar-refractivity contribution < 1.29 is 13.2 Å². The number of nitrogens with zero attached hydrogens (tertiary/aromatic N) is 1. The molecule has 1 aliphatic rings. The van der Waals surface area contributed by atoms with E-state index in [0.717, 1.165) is 25.0 Å². The minimum absolute atomic E-state index is 0.0822. The molecule has 0 atom stereocenters. The predicted octanol–water partition coefficient (Wildman–Crippen LogP) is 3.25. The lowest BCUT2D eigenvalue weighted by molar-refractivity contribution is -0.137. The standard InChI is InChI=1S/C11H11ClF3N3/c12-8-4-1-6(11(13,14)15)5-9(8)18-10(16)17-7-2-3-7/h1,4-5,7H,2-3H2,(H3,16,17,18). The molecule has 1 saturated carbocycles. The zero-order valence-electron chi connectivity index (χ0n) is 9.26. The topological polar surface area (TPSA) is 50.4 Å². The van der Waals surface area contributed by atoms with Gasteiger partial charge in [-0.2, -0.15) is 13.2 Å². The third-order valence-corrected chi connectivity index (χ3v) is 2.75. The summed E-state index contributed by atoms with van der Waals surface area (Å²) in [5.41, 5.74) is 4.89. The Bertz CT molecular complexity index is 481. The van der Waals surface area contributed by atoms with E-state index >= 15 is 0 Å². The number of aliphatic imine (C=N–C) groups is 1. The molecule has 3 N–H and O–H groups in total. The van der Waals surface area contributed by atoms with Gasteiger partial charge in [-0.3, -0.25) is 0 Å². The predicted molar refractivity (Wildman–Crippen MR) is 64.7 cm³/mol. The normalized spacial score (nSPS) is 16.8. The fourth-order valence-corrected chi connectivity index (χ4v) is 1.53. The van der Waals surface area contributed by atoms with E-state index in [2.05, 4.69) is 10.3 Å². The van der Waals surface area contributed by atoms with Crippen molar-refractivity contribution in [2.45, 2.75) is 25.1 Å². The molecule has 0 bridgehead atoms. The monoisotopic (exact) mass is 277 g/mol. The number of halogens is 4. The van der Waals surface area contributed by atoms with Crippen LogP contribution in [0.1, 0.15) is 18.4 Å². The van der Waals surface area contributed by atoms with Crippen LogP contribution in [0.15, 0.2) is 23.2 Å². The SMILES string of the molecule is NC(=NC1CC1)Nc1cc(C(F)(F)F)ccc1Cl. The molecule has 0 aromatic heterocycles. The molecule has 0 heterocycles. The Balaban J connectivity index is 2.20. The van der Waals surface area contributed by atoms with Crippen LogP contribution in [0.4, 0.5) is 18.9 Å². The Morgan fingerprint density at radius 3 is 2.61 bits per heavy atom. The molecule has 3 nitrogen and oxygen atoms in total. The molecular weight excluding hydrogens is 267 g/mol. The van der Waals surface area contributed by atoms with Gasteiger partial charge in [-0.25, -0.2) is 4.99 Å². The van der Waals surface area contributed by atoms with Crippen molar-refractivity contribution in [3.8, 4) is 0 Å². The molecule has 0 radical (unpaired) electrons. The summed E-state index contributed by atoms with van der Waals surface area (Å²) in [7, 11) is 0. The van der Waals surface area contributed by atoms with Gasteiger partial charge >= 0.3 is 6.18 Å². The van der Waals surface area contributed by atoms with Crippen LogP contribution in [-0.2, 0) is 6.18 Å². The second-order valence-corrected chi connectivity index (χ2v) is 4.47. The molecule has 0 saturated heterocycles. The average molecular weight is 278 g/mol. The Hall–Kier alpha value is -1.43. The van der Waals surface area contributed by atoms with E-state index in [0.29, 0.717) is 0 Å². The maximum atomic E-state index is 12.5. The first-order valence-electron chi connectivity index (χ1n) is 5.33. The number of nitrogens with two attached hydrogens (primary N) is 1. The summed E-state index contributed by atoms with van der Waals surface area (Å²) in [5.74, 6) is 0.0822. The summed E-state index contributed by atoms with van der Waals surface area (Å²) in [4.78, 5) is 4.06. The summed E-state index contributed by atoms with van der Waals surface area (Å²) in [6, 6.07) is 3.19. The third-order valence-electron chi connectivity index (χ3n) is 2.42. The van der Waals surface area contributed by atoms with Gasteiger partial charge in [-0.15, -0.1) is 0 Å². The van der Waals surface area contributed by atoms with Crippen LogP contribution < -0.4 is 11.1 Å². The largest absolute Gasteiger partial charge is 0.416 e. The summed E-state index contributed by atoms with van der Waals surface area (Å²) >= 11 is 5.80. The minimum atomic E-state index is -4.41. The fraction of sp³-hybridized carbons (Fsp3) is 0.364. The molecule has 18 heavy (non-hydrogen) atoms. The van der Waals surface area contributed by atoms with Gasteiger partial charge in [0, 0.05) is 0 Å². The van der Waals surface area contributed by atoms with Crippen LogP contribution in [0.25, 0.3) is 0 Å². The minimum Gasteiger partial charge on any atom is -0.370 e. The van der Waals surface area contributed by atoms with Gasteiger partial charge in [0.05, 0.1) is 22.3 Å². The van der Waals surface area contributed by atoms with E-state index in [9.17, 15) is 13.2 Å². The van der Waals surface area contributed by atoms with Crippen LogP contribution >= 0.6 is 11.6 Å². The van der Waals surface area contributed by atoms with Crippen LogP contribution in [0.5, 0.6) is 0 Å². The van der Waals surface area contributed by atoms with Gasteiger partial charge in [0.1, 0.15) is 0 Å². The van der Waals surface area contributed by atoms with Crippen molar-refractivity contribution >= 4 is 23.2 Å². The van der Waals surface area contributed by atoms with Crippen molar-refractivity contribution in [3.05, 3.63) is 28.8 Å². The summed E-state index contributed by atoms with van der Waals surface area (Å²) in [6.07, 6.45) is -2.50. The van der Waals surface area contributed by atoms with E-state index in [4.69, 9.17) is 17.3 Å². The molecule has 7 heteroatoms. The number of anilines is 1. The molecule has 98 valence electrons. The van der Waals surface area contributed by atoms with Gasteiger partial charge in [-0.1, -0.05) is 11.6 Å². The maximum Gasteiger partial charge on any atom is 0.416 e. The Morgan fingerprint density at radius 2 is 2.06 bits per heavy atom. The highest BCUT2D eigenvalue weighted by Crippen LogP contribution is 2.33. The van der Waals surface area contributed by atoms with Crippen molar-refractivity contribution in [2.75, 3.05) is 5.32 Å². The number of hydrogen-bond acceptors (Lipinski definition) is 1. The van der Waals surface area contributed by atoms with Crippen molar-refractivity contribution in [3.63, 3.8) is 0 Å². The average Bonchev–Trinajstić information content (AvgIpc) is 3.03. The highest BCUT2D eigenvalue weighted by molar-refractivity contribution is 6.33. The molecule has 2 rings (SSSR count). The Kier molecular flexibility index (Phi) is 3.38. The first-order valence-corrected chi connectivity index (χ1v) is 5.71. The van der Waals surface area contributed by atoms with Crippen LogP contribution in [0.3, 0.4) is 0 Å². The number of guanidine groups is 1. The highest BCUT2D eigenvalue weighted by atomic mass is 35.5.